The minimum atomic E-state index is -1.27. The molecule has 1 aliphatic rings. The average molecular weight is 502 g/mol. The van der Waals surface area contributed by atoms with Crippen LogP contribution in [0.5, 0.6) is 0 Å². The van der Waals surface area contributed by atoms with Crippen molar-refractivity contribution in [3.05, 3.63) is 89.1 Å². The molecule has 0 aliphatic heterocycles. The molecule has 1 aliphatic carbocycles. The van der Waals surface area contributed by atoms with E-state index in [9.17, 15) is 19.8 Å². The number of methoxy groups -OCH3 is 1. The largest absolute Gasteiger partial charge is 0.465 e. The van der Waals surface area contributed by atoms with E-state index in [2.05, 4.69) is 39.8 Å². The highest BCUT2D eigenvalue weighted by Crippen LogP contribution is 2.44. The molecule has 2 atom stereocenters. The van der Waals surface area contributed by atoms with E-state index in [0.717, 1.165) is 22.3 Å². The van der Waals surface area contributed by atoms with Gasteiger partial charge in [0, 0.05) is 17.8 Å². The Hall–Kier alpha value is -4.21. The number of fused-ring (bicyclic) bond motifs is 4. The minimum absolute atomic E-state index is 0.0427. The van der Waals surface area contributed by atoms with E-state index in [4.69, 9.17) is 9.47 Å². The zero-order valence-electron chi connectivity index (χ0n) is 20.2. The SMILES string of the molecule is COC(=O)c1ccc2c(C(O)C(O)CCNC(=O)OCC3c4ccccc4-c4ccccc43)[nH]nc2c1. The molecule has 0 bridgehead atoms. The lowest BCUT2D eigenvalue weighted by Crippen LogP contribution is -2.30. The molecule has 9 nitrogen and oxygen atoms in total. The summed E-state index contributed by atoms with van der Waals surface area (Å²) in [7, 11) is 1.29. The summed E-state index contributed by atoms with van der Waals surface area (Å²) < 4.78 is 10.2. The number of aromatic nitrogens is 2. The molecule has 9 heteroatoms. The van der Waals surface area contributed by atoms with Crippen LogP contribution >= 0.6 is 0 Å². The van der Waals surface area contributed by atoms with Gasteiger partial charge in [-0.1, -0.05) is 48.5 Å². The number of esters is 1. The number of aliphatic hydroxyl groups excluding tert-OH is 2. The van der Waals surface area contributed by atoms with Gasteiger partial charge in [0.25, 0.3) is 0 Å². The van der Waals surface area contributed by atoms with Gasteiger partial charge in [-0.15, -0.1) is 0 Å². The van der Waals surface area contributed by atoms with E-state index >= 15 is 0 Å². The molecule has 1 aromatic heterocycles. The number of hydrogen-bond donors (Lipinski definition) is 4. The Balaban J connectivity index is 1.14. The maximum atomic E-state index is 12.4. The predicted molar refractivity (Wildman–Crippen MR) is 136 cm³/mol. The van der Waals surface area contributed by atoms with Crippen molar-refractivity contribution in [3.63, 3.8) is 0 Å². The van der Waals surface area contributed by atoms with Crippen molar-refractivity contribution in [3.8, 4) is 11.1 Å². The molecule has 4 aromatic rings. The lowest BCUT2D eigenvalue weighted by Gasteiger charge is -2.18. The topological polar surface area (TPSA) is 134 Å². The van der Waals surface area contributed by atoms with Crippen LogP contribution in [0, 0.1) is 0 Å². The maximum absolute atomic E-state index is 12.4. The normalized spacial score (nSPS) is 14.0. The van der Waals surface area contributed by atoms with Crippen LogP contribution in [0.3, 0.4) is 0 Å². The van der Waals surface area contributed by atoms with Crippen LogP contribution < -0.4 is 5.32 Å². The van der Waals surface area contributed by atoms with Crippen LogP contribution in [0.25, 0.3) is 22.0 Å². The standard InChI is InChI=1S/C28H27N3O6/c1-36-27(34)16-10-11-21-23(14-16)30-31-25(21)26(33)24(32)12-13-29-28(35)37-15-22-19-8-4-2-6-17(19)18-7-3-5-9-20(18)22/h2-11,14,22,24,26,32-33H,12-13,15H2,1H3,(H,29,35)(H,30,31). The fourth-order valence-corrected chi connectivity index (χ4v) is 4.82. The molecule has 5 rings (SSSR count). The summed E-state index contributed by atoms with van der Waals surface area (Å²) >= 11 is 0. The third kappa shape index (κ3) is 4.78. The summed E-state index contributed by atoms with van der Waals surface area (Å²) in [6.45, 7) is 0.298. The van der Waals surface area contributed by atoms with E-state index in [1.54, 1.807) is 18.2 Å². The first-order valence-corrected chi connectivity index (χ1v) is 12.0. The summed E-state index contributed by atoms with van der Waals surface area (Å²) in [5.74, 6) is -0.537. The van der Waals surface area contributed by atoms with Crippen LogP contribution in [-0.4, -0.2) is 58.8 Å². The molecule has 0 saturated heterocycles. The van der Waals surface area contributed by atoms with Crippen molar-refractivity contribution < 1.29 is 29.3 Å². The van der Waals surface area contributed by atoms with E-state index < -0.39 is 24.3 Å². The molecule has 190 valence electrons. The lowest BCUT2D eigenvalue weighted by atomic mass is 9.98. The predicted octanol–water partition coefficient (Wildman–Crippen LogP) is 3.67. The van der Waals surface area contributed by atoms with Crippen LogP contribution in [-0.2, 0) is 9.47 Å². The van der Waals surface area contributed by atoms with E-state index in [-0.39, 0.29) is 25.5 Å². The molecular weight excluding hydrogens is 474 g/mol. The van der Waals surface area contributed by atoms with E-state index in [0.29, 0.717) is 22.2 Å². The first kappa shape index (κ1) is 24.5. The monoisotopic (exact) mass is 501 g/mol. The number of rotatable bonds is 8. The summed E-state index contributed by atoms with van der Waals surface area (Å²) in [4.78, 5) is 24.1. The first-order valence-electron chi connectivity index (χ1n) is 12.0. The molecule has 0 radical (unpaired) electrons. The van der Waals surface area contributed by atoms with Gasteiger partial charge in [0.15, 0.2) is 0 Å². The molecule has 0 spiro atoms. The number of ether oxygens (including phenoxy) is 2. The number of nitrogens with one attached hydrogen (secondary N) is 2. The molecular formula is C28H27N3O6. The Morgan fingerprint density at radius 2 is 1.70 bits per heavy atom. The quantitative estimate of drug-likeness (QED) is 0.271. The highest BCUT2D eigenvalue weighted by molar-refractivity contribution is 5.94. The minimum Gasteiger partial charge on any atom is -0.465 e. The van der Waals surface area contributed by atoms with Crippen molar-refractivity contribution in [1.82, 2.24) is 15.5 Å². The zero-order valence-corrected chi connectivity index (χ0v) is 20.2. The summed E-state index contributed by atoms with van der Waals surface area (Å²) in [5.41, 5.74) is 5.66. The van der Waals surface area contributed by atoms with Crippen molar-refractivity contribution in [2.24, 2.45) is 0 Å². The molecule has 1 heterocycles. The molecule has 2 unspecified atom stereocenters. The summed E-state index contributed by atoms with van der Waals surface area (Å²) in [5, 5.41) is 31.2. The Labute approximate surface area is 213 Å². The number of benzene rings is 3. The Morgan fingerprint density at radius 1 is 1.03 bits per heavy atom. The van der Waals surface area contributed by atoms with Crippen molar-refractivity contribution in [2.75, 3.05) is 20.3 Å². The fraction of sp³-hybridized carbons (Fsp3) is 0.250. The van der Waals surface area contributed by atoms with Gasteiger partial charge in [0.05, 0.1) is 30.0 Å². The maximum Gasteiger partial charge on any atom is 0.407 e. The van der Waals surface area contributed by atoms with Crippen LogP contribution in [0.15, 0.2) is 66.7 Å². The second-order valence-electron chi connectivity index (χ2n) is 8.91. The van der Waals surface area contributed by atoms with Gasteiger partial charge in [-0.3, -0.25) is 5.10 Å². The molecule has 3 aromatic carbocycles. The lowest BCUT2D eigenvalue weighted by molar-refractivity contribution is 0.0119. The Kier molecular flexibility index (Phi) is 6.89. The number of aliphatic hydroxyl groups is 2. The Bertz CT molecular complexity index is 1400. The molecule has 37 heavy (non-hydrogen) atoms. The third-order valence-corrected chi connectivity index (χ3v) is 6.72. The van der Waals surface area contributed by atoms with Gasteiger partial charge in [0.1, 0.15) is 12.7 Å². The Morgan fingerprint density at radius 3 is 2.38 bits per heavy atom. The van der Waals surface area contributed by atoms with Gasteiger partial charge in [-0.05, 0) is 46.9 Å². The fourth-order valence-electron chi connectivity index (χ4n) is 4.82. The smallest absolute Gasteiger partial charge is 0.407 e. The zero-order chi connectivity index (χ0) is 25.9. The number of nitrogens with zero attached hydrogens (tertiary/aromatic N) is 1. The highest BCUT2D eigenvalue weighted by atomic mass is 16.5. The van der Waals surface area contributed by atoms with Gasteiger partial charge in [0.2, 0.25) is 0 Å². The van der Waals surface area contributed by atoms with Gasteiger partial charge in [-0.2, -0.15) is 5.10 Å². The number of carbonyl (C=O) groups excluding carboxylic acids is 2. The number of aromatic amines is 1. The summed E-state index contributed by atoms with van der Waals surface area (Å²) in [6, 6.07) is 20.9. The molecule has 4 N–H and O–H groups in total. The first-order chi connectivity index (χ1) is 18.0. The average Bonchev–Trinajstić information content (AvgIpc) is 3.49. The van der Waals surface area contributed by atoms with E-state index in [1.165, 1.54) is 7.11 Å². The van der Waals surface area contributed by atoms with Gasteiger partial charge < -0.3 is 25.0 Å². The number of H-pyrrole nitrogens is 1. The van der Waals surface area contributed by atoms with Crippen molar-refractivity contribution in [2.45, 2.75) is 24.5 Å². The van der Waals surface area contributed by atoms with Crippen LogP contribution in [0.2, 0.25) is 0 Å². The second-order valence-corrected chi connectivity index (χ2v) is 8.91. The number of carbonyl (C=O) groups is 2. The highest BCUT2D eigenvalue weighted by Gasteiger charge is 2.29. The van der Waals surface area contributed by atoms with Gasteiger partial charge in [-0.25, -0.2) is 9.59 Å². The number of hydrogen-bond acceptors (Lipinski definition) is 7. The second kappa shape index (κ2) is 10.4. The molecule has 0 saturated carbocycles. The van der Waals surface area contributed by atoms with Crippen LogP contribution in [0.1, 0.15) is 45.6 Å². The molecule has 1 amide bonds. The third-order valence-electron chi connectivity index (χ3n) is 6.72. The van der Waals surface area contributed by atoms with Crippen molar-refractivity contribution in [1.29, 1.82) is 0 Å². The summed E-state index contributed by atoms with van der Waals surface area (Å²) in [6.07, 6.45) is -2.94. The van der Waals surface area contributed by atoms with Crippen LogP contribution in [0.4, 0.5) is 4.79 Å². The van der Waals surface area contributed by atoms with Crippen molar-refractivity contribution >= 4 is 23.0 Å². The van der Waals surface area contributed by atoms with Gasteiger partial charge >= 0.3 is 12.1 Å². The molecule has 0 fully saturated rings. The number of amides is 1. The number of alkyl carbamates (subject to hydrolysis) is 1. The van der Waals surface area contributed by atoms with E-state index in [1.807, 2.05) is 24.3 Å².